The van der Waals surface area contributed by atoms with Crippen LogP contribution in [0.3, 0.4) is 0 Å². The lowest BCUT2D eigenvalue weighted by Gasteiger charge is -2.34. The van der Waals surface area contributed by atoms with Crippen LogP contribution >= 0.6 is 0 Å². The number of sulfonamides is 1. The fourth-order valence-corrected chi connectivity index (χ4v) is 5.60. The summed E-state index contributed by atoms with van der Waals surface area (Å²) in [6.07, 6.45) is 6.49. The van der Waals surface area contributed by atoms with E-state index < -0.39 is 34.3 Å². The molecule has 0 heterocycles. The molecule has 2 aromatic carbocycles. The van der Waals surface area contributed by atoms with Crippen LogP contribution in [-0.4, -0.2) is 50.0 Å². The first-order chi connectivity index (χ1) is 17.1. The molecule has 0 unspecified atom stereocenters. The van der Waals surface area contributed by atoms with Crippen LogP contribution in [0.5, 0.6) is 0 Å². The number of benzene rings is 2. The maximum absolute atomic E-state index is 13.7. The number of carbonyl (C=O) groups excluding carboxylic acids is 2. The molecule has 1 fully saturated rings. The summed E-state index contributed by atoms with van der Waals surface area (Å²) in [5, 5.41) is 3.10. The van der Waals surface area contributed by atoms with Crippen LogP contribution in [-0.2, 0) is 26.2 Å². The van der Waals surface area contributed by atoms with Crippen molar-refractivity contribution >= 4 is 27.5 Å². The van der Waals surface area contributed by atoms with Gasteiger partial charge in [0.1, 0.15) is 18.4 Å². The first kappa shape index (κ1) is 27.6. The molecule has 0 radical (unpaired) electrons. The third-order valence-corrected chi connectivity index (χ3v) is 7.79. The molecule has 0 bridgehead atoms. The third-order valence-electron chi connectivity index (χ3n) is 6.67. The zero-order valence-corrected chi connectivity index (χ0v) is 22.1. The van der Waals surface area contributed by atoms with E-state index in [0.717, 1.165) is 42.7 Å². The van der Waals surface area contributed by atoms with E-state index in [-0.39, 0.29) is 18.5 Å². The van der Waals surface area contributed by atoms with E-state index in [4.69, 9.17) is 0 Å². The van der Waals surface area contributed by atoms with Crippen LogP contribution in [0.25, 0.3) is 0 Å². The van der Waals surface area contributed by atoms with Gasteiger partial charge in [0.2, 0.25) is 21.8 Å². The number of amides is 2. The highest BCUT2D eigenvalue weighted by Gasteiger charge is 2.33. The van der Waals surface area contributed by atoms with Gasteiger partial charge in [-0.3, -0.25) is 13.9 Å². The molecule has 0 saturated heterocycles. The molecule has 1 atom stereocenters. The van der Waals surface area contributed by atoms with Gasteiger partial charge >= 0.3 is 0 Å². The molecule has 2 amide bonds. The Morgan fingerprint density at radius 3 is 2.28 bits per heavy atom. The zero-order chi connectivity index (χ0) is 26.3. The summed E-state index contributed by atoms with van der Waals surface area (Å²) in [5.41, 5.74) is 1.77. The summed E-state index contributed by atoms with van der Waals surface area (Å²) in [6, 6.07) is 12.0. The summed E-state index contributed by atoms with van der Waals surface area (Å²) >= 11 is 0. The third kappa shape index (κ3) is 7.29. The number of aryl methyl sites for hydroxylation is 1. The van der Waals surface area contributed by atoms with Gasteiger partial charge in [0.05, 0.1) is 11.9 Å². The average molecular weight is 518 g/mol. The highest BCUT2D eigenvalue weighted by atomic mass is 32.2. The molecule has 36 heavy (non-hydrogen) atoms. The number of nitrogens with zero attached hydrogens (tertiary/aromatic N) is 2. The van der Waals surface area contributed by atoms with Gasteiger partial charge in [0.25, 0.3) is 0 Å². The quantitative estimate of drug-likeness (QED) is 0.513. The fourth-order valence-electron chi connectivity index (χ4n) is 4.69. The lowest BCUT2D eigenvalue weighted by Crippen LogP contribution is -2.54. The van der Waals surface area contributed by atoms with Gasteiger partial charge in [-0.25, -0.2) is 12.8 Å². The Morgan fingerprint density at radius 2 is 1.69 bits per heavy atom. The number of halogens is 1. The van der Waals surface area contributed by atoms with E-state index in [1.165, 1.54) is 17.0 Å². The van der Waals surface area contributed by atoms with Crippen molar-refractivity contribution < 1.29 is 22.4 Å². The average Bonchev–Trinajstić information content (AvgIpc) is 2.84. The first-order valence-corrected chi connectivity index (χ1v) is 14.3. The largest absolute Gasteiger partial charge is 0.352 e. The predicted octanol–water partition coefficient (Wildman–Crippen LogP) is 4.16. The van der Waals surface area contributed by atoms with E-state index in [1.807, 2.05) is 6.92 Å². The van der Waals surface area contributed by atoms with Crippen molar-refractivity contribution in [3.8, 4) is 0 Å². The van der Waals surface area contributed by atoms with Gasteiger partial charge < -0.3 is 10.2 Å². The van der Waals surface area contributed by atoms with Crippen LogP contribution in [0.4, 0.5) is 10.1 Å². The second-order valence-corrected chi connectivity index (χ2v) is 11.4. The molecular weight excluding hydrogens is 481 g/mol. The molecule has 3 rings (SSSR count). The van der Waals surface area contributed by atoms with Crippen LogP contribution in [0, 0.1) is 12.7 Å². The van der Waals surface area contributed by atoms with Crippen LogP contribution in [0.1, 0.15) is 56.6 Å². The number of nitrogens with one attached hydrogen (secondary N) is 1. The normalized spacial score (nSPS) is 15.2. The van der Waals surface area contributed by atoms with Crippen LogP contribution < -0.4 is 9.62 Å². The van der Waals surface area contributed by atoms with Gasteiger partial charge in [-0.1, -0.05) is 56.5 Å². The van der Waals surface area contributed by atoms with Gasteiger partial charge in [0, 0.05) is 12.6 Å². The molecule has 0 aliphatic heterocycles. The molecule has 196 valence electrons. The number of hydrogen-bond donors (Lipinski definition) is 1. The van der Waals surface area contributed by atoms with Crippen molar-refractivity contribution in [3.63, 3.8) is 0 Å². The molecule has 1 N–H and O–H groups in total. The molecule has 2 aromatic rings. The summed E-state index contributed by atoms with van der Waals surface area (Å²) in [5.74, 6) is -1.15. The van der Waals surface area contributed by atoms with Crippen molar-refractivity contribution in [1.29, 1.82) is 0 Å². The van der Waals surface area contributed by atoms with Crippen molar-refractivity contribution in [2.75, 3.05) is 17.1 Å². The molecule has 0 aromatic heterocycles. The van der Waals surface area contributed by atoms with Gasteiger partial charge in [-0.15, -0.1) is 0 Å². The molecule has 7 nitrogen and oxygen atoms in total. The Kier molecular flexibility index (Phi) is 9.48. The molecule has 1 aliphatic carbocycles. The lowest BCUT2D eigenvalue weighted by atomic mass is 9.95. The molecule has 9 heteroatoms. The number of carbonyl (C=O) groups is 2. The second-order valence-electron chi connectivity index (χ2n) is 9.47. The highest BCUT2D eigenvalue weighted by molar-refractivity contribution is 7.92. The van der Waals surface area contributed by atoms with Gasteiger partial charge in [-0.2, -0.15) is 0 Å². The van der Waals surface area contributed by atoms with Crippen molar-refractivity contribution in [1.82, 2.24) is 10.2 Å². The predicted molar refractivity (Wildman–Crippen MR) is 139 cm³/mol. The second kappa shape index (κ2) is 12.3. The van der Waals surface area contributed by atoms with Gasteiger partial charge in [-0.05, 0) is 55.5 Å². The Bertz CT molecular complexity index is 1150. The minimum Gasteiger partial charge on any atom is -0.352 e. The minimum atomic E-state index is -3.79. The smallest absolute Gasteiger partial charge is 0.244 e. The SMILES string of the molecule is CC[C@H](C(=O)NC1CCCCC1)N(Cc1ccc(F)cc1)C(=O)CN(c1ccccc1C)S(C)(=O)=O. The number of para-hydroxylation sites is 1. The zero-order valence-electron chi connectivity index (χ0n) is 21.2. The van der Waals surface area contributed by atoms with E-state index in [2.05, 4.69) is 5.32 Å². The van der Waals surface area contributed by atoms with Crippen LogP contribution in [0.15, 0.2) is 48.5 Å². The van der Waals surface area contributed by atoms with Gasteiger partial charge in [0.15, 0.2) is 0 Å². The molecule has 1 saturated carbocycles. The minimum absolute atomic E-state index is 0.0566. The number of anilines is 1. The number of rotatable bonds is 10. The fraction of sp³-hybridized carbons (Fsp3) is 0.481. The van der Waals surface area contributed by atoms with Crippen LogP contribution in [0.2, 0.25) is 0 Å². The lowest BCUT2D eigenvalue weighted by molar-refractivity contribution is -0.140. The molecule has 0 spiro atoms. The Balaban J connectivity index is 1.91. The highest BCUT2D eigenvalue weighted by Crippen LogP contribution is 2.24. The maximum Gasteiger partial charge on any atom is 0.244 e. The molecule has 1 aliphatic rings. The van der Waals surface area contributed by atoms with E-state index in [9.17, 15) is 22.4 Å². The Labute approximate surface area is 213 Å². The summed E-state index contributed by atoms with van der Waals surface area (Å²) in [6.45, 7) is 3.21. The summed E-state index contributed by atoms with van der Waals surface area (Å²) in [7, 11) is -3.79. The Hall–Kier alpha value is -2.94. The maximum atomic E-state index is 13.7. The van der Waals surface area contributed by atoms with E-state index >= 15 is 0 Å². The summed E-state index contributed by atoms with van der Waals surface area (Å²) < 4.78 is 40.0. The standard InChI is InChI=1S/C27H36FN3O4S/c1-4-24(27(33)29-23-11-6-5-7-12-23)30(18-21-14-16-22(28)17-15-21)26(32)19-31(36(3,34)35)25-13-9-8-10-20(25)2/h8-10,13-17,23-24H,4-7,11-12,18-19H2,1-3H3,(H,29,33)/t24-/m1/s1. The van der Waals surface area contributed by atoms with E-state index in [0.29, 0.717) is 23.2 Å². The van der Waals surface area contributed by atoms with E-state index in [1.54, 1.807) is 43.3 Å². The Morgan fingerprint density at radius 1 is 1.06 bits per heavy atom. The first-order valence-electron chi connectivity index (χ1n) is 12.5. The summed E-state index contributed by atoms with van der Waals surface area (Å²) in [4.78, 5) is 28.5. The van der Waals surface area contributed by atoms with Crippen molar-refractivity contribution in [2.45, 2.75) is 71.0 Å². The van der Waals surface area contributed by atoms with Crippen molar-refractivity contribution in [3.05, 3.63) is 65.5 Å². The molecular formula is C27H36FN3O4S. The monoisotopic (exact) mass is 517 g/mol. The topological polar surface area (TPSA) is 86.8 Å². The van der Waals surface area contributed by atoms with Crippen molar-refractivity contribution in [2.24, 2.45) is 0 Å². The number of hydrogen-bond acceptors (Lipinski definition) is 4.